The summed E-state index contributed by atoms with van der Waals surface area (Å²) in [6, 6.07) is 11.2. The molecule has 138 valence electrons. The highest BCUT2D eigenvalue weighted by Gasteiger charge is 2.24. The first-order chi connectivity index (χ1) is 13.2. The largest absolute Gasteiger partial charge is 0.497 e. The molecule has 4 rings (SSSR count). The predicted molar refractivity (Wildman–Crippen MR) is 101 cm³/mol. The van der Waals surface area contributed by atoms with Crippen LogP contribution in [0.4, 0.5) is 5.95 Å². The molecular weight excluding hydrogens is 344 g/mol. The summed E-state index contributed by atoms with van der Waals surface area (Å²) in [6.45, 7) is 2.65. The third kappa shape index (κ3) is 3.59. The Kier molecular flexibility index (Phi) is 4.69. The van der Waals surface area contributed by atoms with Gasteiger partial charge in [-0.25, -0.2) is 9.97 Å². The Bertz CT molecular complexity index is 901. The van der Waals surface area contributed by atoms with Crippen LogP contribution in [0.15, 0.2) is 48.8 Å². The lowest BCUT2D eigenvalue weighted by Crippen LogP contribution is -2.49. The van der Waals surface area contributed by atoms with Crippen molar-refractivity contribution in [1.29, 1.82) is 0 Å². The fourth-order valence-corrected chi connectivity index (χ4v) is 3.08. The summed E-state index contributed by atoms with van der Waals surface area (Å²) in [5, 5.41) is 7.14. The number of amides is 1. The van der Waals surface area contributed by atoms with Gasteiger partial charge in [0.05, 0.1) is 12.8 Å². The van der Waals surface area contributed by atoms with Crippen molar-refractivity contribution >= 4 is 11.9 Å². The standard InChI is InChI=1S/C19H20N6O2/c1-27-15-5-3-14(4-6-15)16-13-17(23-22-16)18(26)24-9-11-25(12-10-24)19-20-7-2-8-21-19/h2-8,13H,9-12H2,1H3,(H,22,23). The minimum absolute atomic E-state index is 0.0455. The van der Waals surface area contributed by atoms with E-state index in [1.165, 1.54) is 0 Å². The summed E-state index contributed by atoms with van der Waals surface area (Å²) >= 11 is 0. The number of H-pyrrole nitrogens is 1. The number of nitrogens with one attached hydrogen (secondary N) is 1. The normalized spacial score (nSPS) is 14.3. The van der Waals surface area contributed by atoms with Crippen molar-refractivity contribution in [1.82, 2.24) is 25.1 Å². The number of hydrogen-bond acceptors (Lipinski definition) is 6. The van der Waals surface area contributed by atoms with Crippen LogP contribution < -0.4 is 9.64 Å². The van der Waals surface area contributed by atoms with E-state index in [0.29, 0.717) is 37.8 Å². The maximum absolute atomic E-state index is 12.8. The average molecular weight is 364 g/mol. The Morgan fingerprint density at radius 2 is 1.78 bits per heavy atom. The summed E-state index contributed by atoms with van der Waals surface area (Å²) in [7, 11) is 1.63. The van der Waals surface area contributed by atoms with E-state index in [1.54, 1.807) is 31.6 Å². The molecule has 1 N–H and O–H groups in total. The van der Waals surface area contributed by atoms with Crippen LogP contribution in [-0.2, 0) is 0 Å². The Labute approximate surface area is 156 Å². The number of benzene rings is 1. The Morgan fingerprint density at radius 1 is 1.07 bits per heavy atom. The van der Waals surface area contributed by atoms with E-state index in [-0.39, 0.29) is 5.91 Å². The molecule has 2 aromatic heterocycles. The van der Waals surface area contributed by atoms with E-state index in [2.05, 4.69) is 25.1 Å². The first-order valence-corrected chi connectivity index (χ1v) is 8.75. The van der Waals surface area contributed by atoms with Gasteiger partial charge in [0.25, 0.3) is 5.91 Å². The molecule has 0 radical (unpaired) electrons. The van der Waals surface area contributed by atoms with Gasteiger partial charge in [-0.2, -0.15) is 5.10 Å². The third-order valence-corrected chi connectivity index (χ3v) is 4.60. The van der Waals surface area contributed by atoms with Crippen molar-refractivity contribution in [3.05, 3.63) is 54.5 Å². The van der Waals surface area contributed by atoms with E-state index in [4.69, 9.17) is 4.74 Å². The first kappa shape index (κ1) is 17.0. The average Bonchev–Trinajstić information content (AvgIpc) is 3.24. The Morgan fingerprint density at radius 3 is 2.44 bits per heavy atom. The molecule has 1 amide bonds. The van der Waals surface area contributed by atoms with E-state index in [9.17, 15) is 4.79 Å². The van der Waals surface area contributed by atoms with Gasteiger partial charge in [-0.15, -0.1) is 0 Å². The Hall–Kier alpha value is -3.42. The molecule has 0 atom stereocenters. The SMILES string of the molecule is COc1ccc(-c2cc(C(=O)N3CCN(c4ncccn4)CC3)[nH]n2)cc1. The van der Waals surface area contributed by atoms with Crippen LogP contribution in [0.5, 0.6) is 5.75 Å². The molecule has 0 saturated carbocycles. The van der Waals surface area contributed by atoms with E-state index in [0.717, 1.165) is 17.0 Å². The summed E-state index contributed by atoms with van der Waals surface area (Å²) in [5.41, 5.74) is 2.15. The minimum Gasteiger partial charge on any atom is -0.497 e. The van der Waals surface area contributed by atoms with Gasteiger partial charge in [-0.05, 0) is 36.4 Å². The zero-order valence-electron chi connectivity index (χ0n) is 15.0. The van der Waals surface area contributed by atoms with Gasteiger partial charge in [0.15, 0.2) is 0 Å². The molecule has 1 saturated heterocycles. The van der Waals surface area contributed by atoms with Crippen LogP contribution in [-0.4, -0.2) is 64.3 Å². The fraction of sp³-hybridized carbons (Fsp3) is 0.263. The number of carbonyl (C=O) groups excluding carboxylic acids is 1. The van der Waals surface area contributed by atoms with Crippen LogP contribution in [0, 0.1) is 0 Å². The number of aromatic amines is 1. The molecule has 0 bridgehead atoms. The van der Waals surface area contributed by atoms with Crippen LogP contribution in [0.25, 0.3) is 11.3 Å². The molecule has 1 aliphatic rings. The molecule has 1 aliphatic heterocycles. The molecule has 0 aliphatic carbocycles. The number of methoxy groups -OCH3 is 1. The lowest BCUT2D eigenvalue weighted by Gasteiger charge is -2.34. The molecule has 0 unspecified atom stereocenters. The van der Waals surface area contributed by atoms with Crippen LogP contribution >= 0.6 is 0 Å². The monoisotopic (exact) mass is 364 g/mol. The quantitative estimate of drug-likeness (QED) is 0.760. The highest BCUT2D eigenvalue weighted by atomic mass is 16.5. The molecule has 1 fully saturated rings. The molecule has 0 spiro atoms. The second-order valence-corrected chi connectivity index (χ2v) is 6.22. The lowest BCUT2D eigenvalue weighted by atomic mass is 10.1. The fourth-order valence-electron chi connectivity index (χ4n) is 3.08. The Balaban J connectivity index is 1.41. The maximum atomic E-state index is 12.8. The predicted octanol–water partition coefficient (Wildman–Crippen LogP) is 1.84. The number of rotatable bonds is 4. The second-order valence-electron chi connectivity index (χ2n) is 6.22. The van der Waals surface area contributed by atoms with Gasteiger partial charge in [-0.1, -0.05) is 0 Å². The number of carbonyl (C=O) groups is 1. The highest BCUT2D eigenvalue weighted by molar-refractivity contribution is 5.93. The van der Waals surface area contributed by atoms with Crippen molar-refractivity contribution in [3.8, 4) is 17.0 Å². The van der Waals surface area contributed by atoms with Crippen molar-refractivity contribution in [2.75, 3.05) is 38.2 Å². The molecule has 27 heavy (non-hydrogen) atoms. The summed E-state index contributed by atoms with van der Waals surface area (Å²) in [6.07, 6.45) is 3.45. The molecule has 1 aromatic carbocycles. The van der Waals surface area contributed by atoms with Crippen LogP contribution in [0.1, 0.15) is 10.5 Å². The van der Waals surface area contributed by atoms with Gasteiger partial charge < -0.3 is 14.5 Å². The number of nitrogens with zero attached hydrogens (tertiary/aromatic N) is 5. The third-order valence-electron chi connectivity index (χ3n) is 4.60. The first-order valence-electron chi connectivity index (χ1n) is 8.75. The zero-order chi connectivity index (χ0) is 18.6. The van der Waals surface area contributed by atoms with E-state index in [1.807, 2.05) is 29.2 Å². The molecule has 3 aromatic rings. The van der Waals surface area contributed by atoms with Gasteiger partial charge in [-0.3, -0.25) is 9.89 Å². The minimum atomic E-state index is -0.0455. The van der Waals surface area contributed by atoms with Gasteiger partial charge in [0.2, 0.25) is 5.95 Å². The summed E-state index contributed by atoms with van der Waals surface area (Å²) < 4.78 is 5.17. The van der Waals surface area contributed by atoms with Crippen LogP contribution in [0.2, 0.25) is 0 Å². The van der Waals surface area contributed by atoms with Crippen molar-refractivity contribution in [2.45, 2.75) is 0 Å². The lowest BCUT2D eigenvalue weighted by molar-refractivity contribution is 0.0740. The topological polar surface area (TPSA) is 87.2 Å². The summed E-state index contributed by atoms with van der Waals surface area (Å²) in [4.78, 5) is 25.2. The number of hydrogen-bond donors (Lipinski definition) is 1. The maximum Gasteiger partial charge on any atom is 0.272 e. The second kappa shape index (κ2) is 7.45. The van der Waals surface area contributed by atoms with Gasteiger partial charge in [0.1, 0.15) is 11.4 Å². The number of anilines is 1. The number of ether oxygens (including phenoxy) is 1. The smallest absolute Gasteiger partial charge is 0.272 e. The number of piperazine rings is 1. The van der Waals surface area contributed by atoms with Gasteiger partial charge in [0, 0.05) is 44.1 Å². The van der Waals surface area contributed by atoms with Crippen molar-refractivity contribution in [2.24, 2.45) is 0 Å². The van der Waals surface area contributed by atoms with Gasteiger partial charge >= 0.3 is 0 Å². The highest BCUT2D eigenvalue weighted by Crippen LogP contribution is 2.22. The molecule has 8 nitrogen and oxygen atoms in total. The molecule has 8 heteroatoms. The van der Waals surface area contributed by atoms with Crippen molar-refractivity contribution in [3.63, 3.8) is 0 Å². The molecule has 3 heterocycles. The zero-order valence-corrected chi connectivity index (χ0v) is 15.0. The van der Waals surface area contributed by atoms with Crippen LogP contribution in [0.3, 0.4) is 0 Å². The number of aromatic nitrogens is 4. The summed E-state index contributed by atoms with van der Waals surface area (Å²) in [5.74, 6) is 1.44. The van der Waals surface area contributed by atoms with E-state index < -0.39 is 0 Å². The molecular formula is C19H20N6O2. The van der Waals surface area contributed by atoms with E-state index >= 15 is 0 Å². The van der Waals surface area contributed by atoms with Crippen molar-refractivity contribution < 1.29 is 9.53 Å².